The van der Waals surface area contributed by atoms with E-state index < -0.39 is 39.6 Å². The van der Waals surface area contributed by atoms with Gasteiger partial charge in [-0.3, -0.25) is 4.79 Å². The third-order valence-electron chi connectivity index (χ3n) is 4.30. The largest absolute Gasteiger partial charge is 0.414 e. The minimum atomic E-state index is -4.43. The standard InChI is InChI=1S/C14H22F3NO4S/c1-13(20)5-7-23(21,8-6-13)18-12(19)9-10-3-2-4-11(22-10)14(15,16)17/h10-11,20H,2-9H2,1H3. The van der Waals surface area contributed by atoms with Gasteiger partial charge < -0.3 is 9.84 Å². The van der Waals surface area contributed by atoms with Crippen LogP contribution in [0.25, 0.3) is 0 Å². The van der Waals surface area contributed by atoms with E-state index in [-0.39, 0.29) is 24.3 Å². The highest BCUT2D eigenvalue weighted by atomic mass is 32.2. The van der Waals surface area contributed by atoms with Crippen LogP contribution >= 0.6 is 0 Å². The van der Waals surface area contributed by atoms with Crippen LogP contribution in [0.3, 0.4) is 0 Å². The van der Waals surface area contributed by atoms with E-state index in [9.17, 15) is 27.3 Å². The summed E-state index contributed by atoms with van der Waals surface area (Å²) in [7, 11) is -2.72. The molecule has 0 aromatic heterocycles. The predicted octanol–water partition coefficient (Wildman–Crippen LogP) is 2.42. The van der Waals surface area contributed by atoms with E-state index in [0.29, 0.717) is 25.7 Å². The molecule has 0 aromatic carbocycles. The fourth-order valence-electron chi connectivity index (χ4n) is 2.78. The van der Waals surface area contributed by atoms with Gasteiger partial charge in [0.05, 0.1) is 27.9 Å². The van der Waals surface area contributed by atoms with Crippen molar-refractivity contribution in [1.29, 1.82) is 0 Å². The van der Waals surface area contributed by atoms with E-state index in [1.807, 2.05) is 0 Å². The number of aliphatic hydroxyl groups is 1. The molecule has 2 saturated heterocycles. The Balaban J connectivity index is 1.94. The molecule has 23 heavy (non-hydrogen) atoms. The van der Waals surface area contributed by atoms with Crippen molar-refractivity contribution in [3.8, 4) is 0 Å². The molecule has 2 heterocycles. The van der Waals surface area contributed by atoms with Gasteiger partial charge in [0.25, 0.3) is 5.91 Å². The van der Waals surface area contributed by atoms with E-state index in [1.54, 1.807) is 6.92 Å². The number of rotatable bonds is 2. The molecule has 0 aromatic rings. The van der Waals surface area contributed by atoms with E-state index >= 15 is 0 Å². The van der Waals surface area contributed by atoms with Crippen molar-refractivity contribution < 1.29 is 32.0 Å². The Morgan fingerprint density at radius 2 is 1.96 bits per heavy atom. The number of halogens is 3. The van der Waals surface area contributed by atoms with Gasteiger partial charge in [0.15, 0.2) is 6.10 Å². The van der Waals surface area contributed by atoms with Gasteiger partial charge >= 0.3 is 6.18 Å². The number of carbonyl (C=O) groups excluding carboxylic acids is 1. The summed E-state index contributed by atoms with van der Waals surface area (Å²) in [4.78, 5) is 11.9. The van der Waals surface area contributed by atoms with Crippen LogP contribution in [0.5, 0.6) is 0 Å². The molecule has 2 atom stereocenters. The number of hydrogen-bond acceptors (Lipinski definition) is 4. The maximum atomic E-state index is 12.7. The zero-order valence-electron chi connectivity index (χ0n) is 13.0. The molecule has 0 aliphatic carbocycles. The number of hydrogen-bond donors (Lipinski definition) is 1. The van der Waals surface area contributed by atoms with Crippen molar-refractivity contribution in [2.75, 3.05) is 11.5 Å². The van der Waals surface area contributed by atoms with Crippen molar-refractivity contribution in [2.24, 2.45) is 4.36 Å². The van der Waals surface area contributed by atoms with Crippen LogP contribution in [0.15, 0.2) is 4.36 Å². The molecule has 1 N–H and O–H groups in total. The monoisotopic (exact) mass is 357 g/mol. The van der Waals surface area contributed by atoms with Gasteiger partial charge in [-0.25, -0.2) is 4.21 Å². The Hall–Kier alpha value is -0.670. The van der Waals surface area contributed by atoms with E-state index in [1.165, 1.54) is 0 Å². The average molecular weight is 357 g/mol. The number of amides is 1. The maximum Gasteiger partial charge on any atom is 0.414 e. The first-order valence-electron chi connectivity index (χ1n) is 7.69. The number of carbonyl (C=O) groups is 1. The lowest BCUT2D eigenvalue weighted by molar-refractivity contribution is -0.245. The maximum absolute atomic E-state index is 12.7. The molecular weight excluding hydrogens is 335 g/mol. The number of nitrogens with zero attached hydrogens (tertiary/aromatic N) is 1. The lowest BCUT2D eigenvalue weighted by atomic mass is 10.0. The summed E-state index contributed by atoms with van der Waals surface area (Å²) in [6.07, 6.45) is -6.20. The average Bonchev–Trinajstić information content (AvgIpc) is 2.42. The Labute approximate surface area is 133 Å². The molecule has 2 aliphatic heterocycles. The summed E-state index contributed by atoms with van der Waals surface area (Å²) in [5, 5.41) is 9.83. The van der Waals surface area contributed by atoms with Crippen molar-refractivity contribution >= 4 is 15.6 Å². The molecule has 0 spiro atoms. The van der Waals surface area contributed by atoms with Crippen molar-refractivity contribution in [1.82, 2.24) is 0 Å². The minimum absolute atomic E-state index is 0.100. The minimum Gasteiger partial charge on any atom is -0.390 e. The number of ether oxygens (including phenoxy) is 1. The number of alkyl halides is 3. The van der Waals surface area contributed by atoms with E-state index in [0.717, 1.165) is 0 Å². The Morgan fingerprint density at radius 3 is 2.52 bits per heavy atom. The summed E-state index contributed by atoms with van der Waals surface area (Å²) in [5.41, 5.74) is -0.897. The first-order valence-corrected chi connectivity index (χ1v) is 9.54. The lowest BCUT2D eigenvalue weighted by Crippen LogP contribution is -2.39. The molecular formula is C14H22F3NO4S. The van der Waals surface area contributed by atoms with Gasteiger partial charge in [0.2, 0.25) is 0 Å². The molecule has 9 heteroatoms. The Morgan fingerprint density at radius 1 is 1.35 bits per heavy atom. The van der Waals surface area contributed by atoms with Crippen molar-refractivity contribution in [3.63, 3.8) is 0 Å². The third-order valence-corrected chi connectivity index (χ3v) is 6.52. The summed E-state index contributed by atoms with van der Waals surface area (Å²) >= 11 is 0. The second-order valence-electron chi connectivity index (χ2n) is 6.59. The molecule has 1 amide bonds. The molecule has 2 fully saturated rings. The molecule has 2 unspecified atom stereocenters. The van der Waals surface area contributed by atoms with Crippen LogP contribution < -0.4 is 0 Å². The third kappa shape index (κ3) is 5.42. The van der Waals surface area contributed by atoms with Gasteiger partial charge in [-0.1, -0.05) is 0 Å². The van der Waals surface area contributed by atoms with Crippen LogP contribution in [-0.4, -0.2) is 50.7 Å². The molecule has 2 rings (SSSR count). The lowest BCUT2D eigenvalue weighted by Gasteiger charge is -2.31. The van der Waals surface area contributed by atoms with Gasteiger partial charge in [-0.15, -0.1) is 0 Å². The Kier molecular flexibility index (Phi) is 5.42. The summed E-state index contributed by atoms with van der Waals surface area (Å²) < 4.78 is 59.1. The quantitative estimate of drug-likeness (QED) is 0.823. The van der Waals surface area contributed by atoms with Gasteiger partial charge in [0, 0.05) is 11.5 Å². The van der Waals surface area contributed by atoms with Crippen LogP contribution in [0, 0.1) is 0 Å². The summed E-state index contributed by atoms with van der Waals surface area (Å²) in [6.45, 7) is 1.64. The molecule has 5 nitrogen and oxygen atoms in total. The normalized spacial score (nSPS) is 39.0. The fraction of sp³-hybridized carbons (Fsp3) is 0.929. The second-order valence-corrected chi connectivity index (χ2v) is 9.13. The first kappa shape index (κ1) is 18.7. The van der Waals surface area contributed by atoms with E-state index in [4.69, 9.17) is 4.74 Å². The Bertz CT molecular complexity index is 551. The van der Waals surface area contributed by atoms with Gasteiger partial charge in [0.1, 0.15) is 0 Å². The van der Waals surface area contributed by atoms with Gasteiger partial charge in [-0.2, -0.15) is 17.5 Å². The highest BCUT2D eigenvalue weighted by Gasteiger charge is 2.43. The highest BCUT2D eigenvalue weighted by Crippen LogP contribution is 2.33. The predicted molar refractivity (Wildman–Crippen MR) is 78.4 cm³/mol. The molecule has 0 radical (unpaired) electrons. The van der Waals surface area contributed by atoms with E-state index in [2.05, 4.69) is 4.36 Å². The second kappa shape index (κ2) is 6.68. The molecule has 0 saturated carbocycles. The smallest absolute Gasteiger partial charge is 0.390 e. The molecule has 134 valence electrons. The molecule has 0 bridgehead atoms. The summed E-state index contributed by atoms with van der Waals surface area (Å²) in [5.74, 6) is -0.422. The van der Waals surface area contributed by atoms with Crippen LogP contribution in [0.1, 0.15) is 45.4 Å². The first-order chi connectivity index (χ1) is 10.5. The fourth-order valence-corrected chi connectivity index (χ4v) is 5.13. The molecule has 2 aliphatic rings. The zero-order chi connectivity index (χ0) is 17.3. The van der Waals surface area contributed by atoms with Crippen molar-refractivity contribution in [2.45, 2.75) is 69.4 Å². The highest BCUT2D eigenvalue weighted by molar-refractivity contribution is 7.93. The van der Waals surface area contributed by atoms with Crippen molar-refractivity contribution in [3.05, 3.63) is 0 Å². The topological polar surface area (TPSA) is 76.0 Å². The SMILES string of the molecule is CC1(O)CCS(=O)(=NC(=O)CC2CCCC(C(F)(F)F)O2)CC1. The van der Waals surface area contributed by atoms with Crippen LogP contribution in [0.4, 0.5) is 13.2 Å². The van der Waals surface area contributed by atoms with Crippen LogP contribution in [0.2, 0.25) is 0 Å². The van der Waals surface area contributed by atoms with Crippen LogP contribution in [-0.2, 0) is 19.3 Å². The summed E-state index contributed by atoms with van der Waals surface area (Å²) in [6, 6.07) is 0. The van der Waals surface area contributed by atoms with Gasteiger partial charge in [-0.05, 0) is 39.0 Å². The zero-order valence-corrected chi connectivity index (χ0v) is 13.8.